The van der Waals surface area contributed by atoms with Gasteiger partial charge < -0.3 is 5.11 Å². The minimum atomic E-state index is -1.38. The molecule has 1 N–H and O–H groups in total. The molecule has 0 bridgehead atoms. The molecule has 1 heterocycles. The largest absolute Gasteiger partial charge is 0.476 e. The third-order valence-corrected chi connectivity index (χ3v) is 1.69. The fourth-order valence-corrected chi connectivity index (χ4v) is 1.11. The van der Waals surface area contributed by atoms with E-state index in [2.05, 4.69) is 4.98 Å². The normalized spacial score (nSPS) is 9.45. The molecular weight excluding hydrogens is 172 g/mol. The summed E-state index contributed by atoms with van der Waals surface area (Å²) < 4.78 is 0. The van der Waals surface area contributed by atoms with Crippen molar-refractivity contribution in [2.75, 3.05) is 0 Å². The van der Waals surface area contributed by atoms with Gasteiger partial charge in [-0.15, -0.1) is 0 Å². The molecule has 0 unspecified atom stereocenters. The van der Waals surface area contributed by atoms with Gasteiger partial charge in [0, 0.05) is 0 Å². The van der Waals surface area contributed by atoms with Gasteiger partial charge in [-0.05, 0) is 11.3 Å². The lowest BCUT2D eigenvalue weighted by atomic mass is 10.5. The molecule has 0 aliphatic carbocycles. The van der Waals surface area contributed by atoms with Crippen molar-refractivity contribution in [3.05, 3.63) is 21.3 Å². The highest BCUT2D eigenvalue weighted by molar-refractivity contribution is 7.13. The molecule has 0 aliphatic heterocycles. The smallest absolute Gasteiger partial charge is 0.362 e. The zero-order chi connectivity index (χ0) is 8.43. The highest BCUT2D eigenvalue weighted by atomic mass is 32.1. The number of nitro groups is 1. The Morgan fingerprint density at radius 3 is 2.82 bits per heavy atom. The fourth-order valence-electron chi connectivity index (χ4n) is 0.516. The Labute approximate surface area is 64.3 Å². The molecule has 1 aromatic rings. The molecule has 0 spiro atoms. The molecule has 0 fully saturated rings. The van der Waals surface area contributed by atoms with Gasteiger partial charge in [-0.2, -0.15) is 0 Å². The summed E-state index contributed by atoms with van der Waals surface area (Å²) in [6.07, 6.45) is 0. The zero-order valence-electron chi connectivity index (χ0n) is 5.05. The highest BCUT2D eigenvalue weighted by Gasteiger charge is 2.22. The summed E-state index contributed by atoms with van der Waals surface area (Å²) in [4.78, 5) is 22.9. The lowest BCUT2D eigenvalue weighted by Crippen LogP contribution is -2.00. The Kier molecular flexibility index (Phi) is 1.81. The summed E-state index contributed by atoms with van der Waals surface area (Å²) in [5.74, 6) is -1.38. The van der Waals surface area contributed by atoms with Gasteiger partial charge >= 0.3 is 11.0 Å². The van der Waals surface area contributed by atoms with E-state index in [1.807, 2.05) is 0 Å². The van der Waals surface area contributed by atoms with E-state index < -0.39 is 21.6 Å². The molecule has 1 rings (SSSR count). The molecule has 0 radical (unpaired) electrons. The predicted octanol–water partition coefficient (Wildman–Crippen LogP) is 0.749. The van der Waals surface area contributed by atoms with E-state index in [1.54, 1.807) is 0 Å². The van der Waals surface area contributed by atoms with Gasteiger partial charge in [0.1, 0.15) is 0 Å². The second kappa shape index (κ2) is 2.62. The van der Waals surface area contributed by atoms with Crippen molar-refractivity contribution in [2.45, 2.75) is 0 Å². The quantitative estimate of drug-likeness (QED) is 0.527. The van der Waals surface area contributed by atoms with E-state index in [0.29, 0.717) is 11.3 Å². The Morgan fingerprint density at radius 2 is 2.45 bits per heavy atom. The summed E-state index contributed by atoms with van der Waals surface area (Å²) >= 11 is 0.695. The standard InChI is InChI=1S/C4H2N2O4S/c7-4(8)2-3(6(9)10)11-1-5-2/h1H,(H,7,8). The molecule has 0 saturated carbocycles. The maximum Gasteiger partial charge on any atom is 0.362 e. The van der Waals surface area contributed by atoms with E-state index >= 15 is 0 Å². The van der Waals surface area contributed by atoms with Crippen LogP contribution in [0.15, 0.2) is 5.51 Å². The van der Waals surface area contributed by atoms with Crippen LogP contribution in [0.4, 0.5) is 5.00 Å². The van der Waals surface area contributed by atoms with Gasteiger partial charge in [0.25, 0.3) is 0 Å². The van der Waals surface area contributed by atoms with Crippen molar-refractivity contribution in [2.24, 2.45) is 0 Å². The molecule has 0 atom stereocenters. The topological polar surface area (TPSA) is 93.3 Å². The fraction of sp³-hybridized carbons (Fsp3) is 0. The van der Waals surface area contributed by atoms with Gasteiger partial charge in [0.05, 0.1) is 10.4 Å². The van der Waals surface area contributed by atoms with Crippen LogP contribution in [-0.4, -0.2) is 21.0 Å². The predicted molar refractivity (Wildman–Crippen MR) is 35.7 cm³/mol. The summed E-state index contributed by atoms with van der Waals surface area (Å²) in [5.41, 5.74) is 0.627. The van der Waals surface area contributed by atoms with Gasteiger partial charge in [-0.1, -0.05) is 0 Å². The van der Waals surface area contributed by atoms with Crippen LogP contribution in [0, 0.1) is 10.1 Å². The number of thiazole rings is 1. The van der Waals surface area contributed by atoms with Crippen LogP contribution in [0.1, 0.15) is 10.5 Å². The number of carboxylic acids is 1. The third kappa shape index (κ3) is 1.32. The first-order valence-corrected chi connectivity index (χ1v) is 3.32. The number of aromatic nitrogens is 1. The number of rotatable bonds is 2. The average Bonchev–Trinajstić information content (AvgIpc) is 2.32. The molecule has 58 valence electrons. The number of hydrogen-bond donors (Lipinski definition) is 1. The monoisotopic (exact) mass is 174 g/mol. The molecule has 0 aromatic carbocycles. The van der Waals surface area contributed by atoms with E-state index in [9.17, 15) is 14.9 Å². The molecule has 0 amide bonds. The van der Waals surface area contributed by atoms with Crippen LogP contribution in [0.2, 0.25) is 0 Å². The summed E-state index contributed by atoms with van der Waals surface area (Å²) in [6.45, 7) is 0. The van der Waals surface area contributed by atoms with Crippen molar-refractivity contribution >= 4 is 22.3 Å². The Morgan fingerprint density at radius 1 is 1.82 bits per heavy atom. The van der Waals surface area contributed by atoms with Gasteiger partial charge in [0.2, 0.25) is 5.69 Å². The van der Waals surface area contributed by atoms with Crippen LogP contribution >= 0.6 is 11.3 Å². The number of hydrogen-bond acceptors (Lipinski definition) is 5. The highest BCUT2D eigenvalue weighted by Crippen LogP contribution is 2.21. The average molecular weight is 174 g/mol. The number of nitrogens with zero attached hydrogens (tertiary/aromatic N) is 2. The van der Waals surface area contributed by atoms with Gasteiger partial charge in [-0.3, -0.25) is 10.1 Å². The summed E-state index contributed by atoms with van der Waals surface area (Å²) in [5, 5.41) is 18.0. The van der Waals surface area contributed by atoms with Crippen molar-refractivity contribution in [3.8, 4) is 0 Å². The maximum absolute atomic E-state index is 10.2. The van der Waals surface area contributed by atoms with E-state index in [4.69, 9.17) is 5.11 Å². The lowest BCUT2D eigenvalue weighted by molar-refractivity contribution is -0.380. The SMILES string of the molecule is O=C(O)c1ncsc1[N+](=O)[O-]. The molecule has 11 heavy (non-hydrogen) atoms. The van der Waals surface area contributed by atoms with Crippen molar-refractivity contribution in [3.63, 3.8) is 0 Å². The van der Waals surface area contributed by atoms with Crippen LogP contribution in [-0.2, 0) is 0 Å². The maximum atomic E-state index is 10.2. The second-order valence-electron chi connectivity index (χ2n) is 1.57. The lowest BCUT2D eigenvalue weighted by Gasteiger charge is -1.85. The Bertz CT molecular complexity index is 278. The summed E-state index contributed by atoms with van der Waals surface area (Å²) in [6, 6.07) is 0. The molecule has 6 nitrogen and oxygen atoms in total. The van der Waals surface area contributed by atoms with Gasteiger partial charge in [-0.25, -0.2) is 9.78 Å². The van der Waals surface area contributed by atoms with E-state index in [0.717, 1.165) is 5.51 Å². The first-order valence-electron chi connectivity index (χ1n) is 2.44. The van der Waals surface area contributed by atoms with E-state index in [1.165, 1.54) is 0 Å². The third-order valence-electron chi connectivity index (χ3n) is 0.917. The first-order chi connectivity index (χ1) is 5.13. The van der Waals surface area contributed by atoms with Crippen LogP contribution in [0.3, 0.4) is 0 Å². The van der Waals surface area contributed by atoms with E-state index in [-0.39, 0.29) is 0 Å². The number of carbonyl (C=O) groups is 1. The second-order valence-corrected chi connectivity index (χ2v) is 2.40. The number of aromatic carboxylic acids is 1. The Balaban J connectivity index is 3.16. The molecular formula is C4H2N2O4S. The minimum Gasteiger partial charge on any atom is -0.476 e. The zero-order valence-corrected chi connectivity index (χ0v) is 5.87. The minimum absolute atomic E-state index is 0.433. The molecule has 0 saturated heterocycles. The van der Waals surface area contributed by atoms with Crippen LogP contribution in [0.25, 0.3) is 0 Å². The summed E-state index contributed by atoms with van der Waals surface area (Å²) in [7, 11) is 0. The molecule has 7 heteroatoms. The van der Waals surface area contributed by atoms with Crippen molar-refractivity contribution < 1.29 is 14.8 Å². The molecule has 1 aromatic heterocycles. The van der Waals surface area contributed by atoms with Gasteiger partial charge in [0.15, 0.2) is 0 Å². The molecule has 0 aliphatic rings. The number of carboxylic acid groups (broad SMARTS) is 1. The van der Waals surface area contributed by atoms with Crippen molar-refractivity contribution in [1.29, 1.82) is 0 Å². The van der Waals surface area contributed by atoms with Crippen LogP contribution in [0.5, 0.6) is 0 Å². The first kappa shape index (κ1) is 7.61. The van der Waals surface area contributed by atoms with Crippen molar-refractivity contribution in [1.82, 2.24) is 4.98 Å². The van der Waals surface area contributed by atoms with Crippen LogP contribution < -0.4 is 0 Å². The Hall–Kier alpha value is -1.50.